The van der Waals surface area contributed by atoms with Gasteiger partial charge in [0.15, 0.2) is 5.96 Å². The topological polar surface area (TPSA) is 57.5 Å². The average Bonchev–Trinajstić information content (AvgIpc) is 3.34. The van der Waals surface area contributed by atoms with E-state index in [9.17, 15) is 0 Å². The van der Waals surface area contributed by atoms with Gasteiger partial charge < -0.3 is 15.2 Å². The molecule has 0 radical (unpaired) electrons. The lowest BCUT2D eigenvalue weighted by molar-refractivity contribution is 0.198. The van der Waals surface area contributed by atoms with Crippen molar-refractivity contribution in [3.05, 3.63) is 90.0 Å². The summed E-state index contributed by atoms with van der Waals surface area (Å²) in [4.78, 5) is 11.5. The van der Waals surface area contributed by atoms with E-state index in [4.69, 9.17) is 4.99 Å². The number of guanidine groups is 1. The number of piperidine rings is 1. The Kier molecular flexibility index (Phi) is 7.93. The zero-order valence-corrected chi connectivity index (χ0v) is 19.0. The predicted octanol–water partition coefficient (Wildman–Crippen LogP) is 3.65. The molecule has 1 fully saturated rings. The van der Waals surface area contributed by atoms with Crippen LogP contribution in [0.2, 0.25) is 0 Å². The van der Waals surface area contributed by atoms with E-state index in [-0.39, 0.29) is 0 Å². The van der Waals surface area contributed by atoms with Gasteiger partial charge in [0.2, 0.25) is 0 Å². The first-order chi connectivity index (χ1) is 15.8. The van der Waals surface area contributed by atoms with E-state index in [1.807, 2.05) is 18.7 Å². The third kappa shape index (κ3) is 6.69. The van der Waals surface area contributed by atoms with Crippen LogP contribution in [-0.4, -0.2) is 46.1 Å². The van der Waals surface area contributed by atoms with Gasteiger partial charge in [-0.15, -0.1) is 0 Å². The third-order valence-corrected chi connectivity index (χ3v) is 5.89. The summed E-state index contributed by atoms with van der Waals surface area (Å²) in [5.41, 5.74) is 3.88. The average molecular weight is 431 g/mol. The molecule has 168 valence electrons. The molecule has 0 atom stereocenters. The Labute approximate surface area is 191 Å². The van der Waals surface area contributed by atoms with Crippen LogP contribution in [0.1, 0.15) is 36.5 Å². The summed E-state index contributed by atoms with van der Waals surface area (Å²) in [7, 11) is 0. The molecule has 0 spiro atoms. The number of aromatic nitrogens is 2. The summed E-state index contributed by atoms with van der Waals surface area (Å²) in [6.07, 6.45) is 7.92. The molecule has 0 saturated carbocycles. The molecule has 0 aliphatic carbocycles. The Morgan fingerprint density at radius 1 is 0.969 bits per heavy atom. The maximum atomic E-state index is 4.84. The predicted molar refractivity (Wildman–Crippen MR) is 130 cm³/mol. The van der Waals surface area contributed by atoms with Gasteiger partial charge in [0, 0.05) is 51.2 Å². The summed E-state index contributed by atoms with van der Waals surface area (Å²) < 4.78 is 2.07. The van der Waals surface area contributed by atoms with Gasteiger partial charge >= 0.3 is 0 Å². The van der Waals surface area contributed by atoms with Crippen molar-refractivity contribution in [1.82, 2.24) is 25.1 Å². The zero-order chi connectivity index (χ0) is 22.0. The van der Waals surface area contributed by atoms with Crippen LogP contribution in [0.5, 0.6) is 0 Å². The summed E-state index contributed by atoms with van der Waals surface area (Å²) in [5.74, 6) is 0.913. The molecule has 32 heavy (non-hydrogen) atoms. The minimum Gasteiger partial charge on any atom is -0.357 e. The fourth-order valence-electron chi connectivity index (χ4n) is 4.10. The van der Waals surface area contributed by atoms with E-state index in [2.05, 4.69) is 86.6 Å². The first-order valence-electron chi connectivity index (χ1n) is 11.6. The molecule has 1 aromatic heterocycles. The summed E-state index contributed by atoms with van der Waals surface area (Å²) in [6.45, 7) is 7.77. The molecule has 6 heteroatoms. The molecule has 2 N–H and O–H groups in total. The lowest BCUT2D eigenvalue weighted by Gasteiger charge is -2.33. The molecule has 1 aliphatic heterocycles. The van der Waals surface area contributed by atoms with E-state index >= 15 is 0 Å². The molecule has 0 amide bonds. The fourth-order valence-corrected chi connectivity index (χ4v) is 4.10. The van der Waals surface area contributed by atoms with E-state index in [1.165, 1.54) is 16.7 Å². The molecular formula is C26H34N6. The molecule has 2 aromatic carbocycles. The highest BCUT2D eigenvalue weighted by Crippen LogP contribution is 2.14. The van der Waals surface area contributed by atoms with Crippen molar-refractivity contribution in [2.24, 2.45) is 4.99 Å². The van der Waals surface area contributed by atoms with E-state index < -0.39 is 0 Å². The molecule has 1 saturated heterocycles. The van der Waals surface area contributed by atoms with Gasteiger partial charge in [0.25, 0.3) is 0 Å². The van der Waals surface area contributed by atoms with Crippen LogP contribution in [0.25, 0.3) is 0 Å². The Balaban J connectivity index is 1.26. The maximum Gasteiger partial charge on any atom is 0.191 e. The summed E-state index contributed by atoms with van der Waals surface area (Å²) in [5, 5.41) is 7.06. The molecule has 3 aromatic rings. The normalized spacial score (nSPS) is 15.6. The van der Waals surface area contributed by atoms with Crippen molar-refractivity contribution in [3.63, 3.8) is 0 Å². The number of imidazole rings is 1. The summed E-state index contributed by atoms with van der Waals surface area (Å²) in [6, 6.07) is 19.9. The van der Waals surface area contributed by atoms with Crippen LogP contribution in [-0.2, 0) is 19.6 Å². The lowest BCUT2D eigenvalue weighted by Crippen LogP contribution is -2.48. The number of rotatable bonds is 8. The second-order valence-electron chi connectivity index (χ2n) is 8.43. The van der Waals surface area contributed by atoms with Crippen LogP contribution < -0.4 is 10.6 Å². The van der Waals surface area contributed by atoms with Crippen molar-refractivity contribution in [3.8, 4) is 0 Å². The van der Waals surface area contributed by atoms with Gasteiger partial charge in [-0.25, -0.2) is 9.98 Å². The summed E-state index contributed by atoms with van der Waals surface area (Å²) >= 11 is 0. The van der Waals surface area contributed by atoms with Gasteiger partial charge in [-0.1, -0.05) is 54.6 Å². The van der Waals surface area contributed by atoms with E-state index in [0.29, 0.717) is 12.6 Å². The molecule has 0 unspecified atom stereocenters. The molecule has 1 aliphatic rings. The van der Waals surface area contributed by atoms with Gasteiger partial charge in [-0.3, -0.25) is 4.90 Å². The molecular weight excluding hydrogens is 396 g/mol. The SMILES string of the molecule is CCNC(=NCc1ccc(Cn2ccnc2)cc1)NC1CCN(Cc2ccccc2)CC1. The second-order valence-corrected chi connectivity index (χ2v) is 8.43. The highest BCUT2D eigenvalue weighted by molar-refractivity contribution is 5.80. The van der Waals surface area contributed by atoms with Crippen molar-refractivity contribution in [2.75, 3.05) is 19.6 Å². The minimum atomic E-state index is 0.470. The highest BCUT2D eigenvalue weighted by Gasteiger charge is 2.20. The van der Waals surface area contributed by atoms with Crippen molar-refractivity contribution >= 4 is 5.96 Å². The fraction of sp³-hybridized carbons (Fsp3) is 0.385. The van der Waals surface area contributed by atoms with Crippen molar-refractivity contribution in [2.45, 2.75) is 45.4 Å². The van der Waals surface area contributed by atoms with Crippen LogP contribution in [0.3, 0.4) is 0 Å². The van der Waals surface area contributed by atoms with Crippen LogP contribution in [0, 0.1) is 0 Å². The number of nitrogens with zero attached hydrogens (tertiary/aromatic N) is 4. The largest absolute Gasteiger partial charge is 0.357 e. The molecule has 2 heterocycles. The monoisotopic (exact) mass is 430 g/mol. The lowest BCUT2D eigenvalue weighted by atomic mass is 10.0. The maximum absolute atomic E-state index is 4.84. The molecule has 4 rings (SSSR count). The van der Waals surface area contributed by atoms with Crippen LogP contribution in [0.4, 0.5) is 0 Å². The second kappa shape index (κ2) is 11.5. The van der Waals surface area contributed by atoms with Gasteiger partial charge in [0.05, 0.1) is 12.9 Å². The van der Waals surface area contributed by atoms with Crippen LogP contribution >= 0.6 is 0 Å². The van der Waals surface area contributed by atoms with Gasteiger partial charge in [-0.2, -0.15) is 0 Å². The smallest absolute Gasteiger partial charge is 0.191 e. The number of nitrogens with one attached hydrogen (secondary N) is 2. The van der Waals surface area contributed by atoms with E-state index in [1.54, 1.807) is 0 Å². The zero-order valence-electron chi connectivity index (χ0n) is 19.0. The Morgan fingerprint density at radius 2 is 1.69 bits per heavy atom. The Bertz CT molecular complexity index is 942. The van der Waals surface area contributed by atoms with E-state index in [0.717, 1.165) is 51.5 Å². The number of hydrogen-bond donors (Lipinski definition) is 2. The molecule has 6 nitrogen and oxygen atoms in total. The van der Waals surface area contributed by atoms with Crippen molar-refractivity contribution in [1.29, 1.82) is 0 Å². The van der Waals surface area contributed by atoms with Crippen LogP contribution in [0.15, 0.2) is 78.3 Å². The van der Waals surface area contributed by atoms with Gasteiger partial charge in [-0.05, 0) is 36.5 Å². The number of benzene rings is 2. The Hall–Kier alpha value is -3.12. The number of hydrogen-bond acceptors (Lipinski definition) is 3. The highest BCUT2D eigenvalue weighted by atomic mass is 15.2. The number of likely N-dealkylation sites (tertiary alicyclic amines) is 1. The quantitative estimate of drug-likeness (QED) is 0.423. The Morgan fingerprint density at radius 3 is 2.38 bits per heavy atom. The van der Waals surface area contributed by atoms with Crippen molar-refractivity contribution < 1.29 is 0 Å². The first kappa shape index (κ1) is 22.1. The van der Waals surface area contributed by atoms with Gasteiger partial charge in [0.1, 0.15) is 0 Å². The standard InChI is InChI=1S/C26H34N6/c1-2-28-26(29-18-22-8-10-24(11-9-22)20-32-17-14-27-21-32)30-25-12-15-31(16-13-25)19-23-6-4-3-5-7-23/h3-11,14,17,21,25H,2,12-13,15-16,18-20H2,1H3,(H2,28,29,30). The number of aliphatic imine (C=N–C) groups is 1. The minimum absolute atomic E-state index is 0.470. The first-order valence-corrected chi connectivity index (χ1v) is 11.6. The molecule has 0 bridgehead atoms. The third-order valence-electron chi connectivity index (χ3n) is 5.89.